The zero-order valence-corrected chi connectivity index (χ0v) is 22.7. The predicted octanol–water partition coefficient (Wildman–Crippen LogP) is 2.52. The number of carbonyl (C=O) groups excluding carboxylic acids is 1. The van der Waals surface area contributed by atoms with Crippen LogP contribution in [0.15, 0.2) is 29.4 Å². The monoisotopic (exact) mass is 568 g/mol. The van der Waals surface area contributed by atoms with E-state index in [9.17, 15) is 23.6 Å². The molecule has 0 spiro atoms. The summed E-state index contributed by atoms with van der Waals surface area (Å²) in [6.07, 6.45) is 1.50. The average Bonchev–Trinajstić information content (AvgIpc) is 3.33. The van der Waals surface area contributed by atoms with Crippen LogP contribution in [0.5, 0.6) is 0 Å². The van der Waals surface area contributed by atoms with Gasteiger partial charge in [0.2, 0.25) is 0 Å². The molecule has 0 bridgehead atoms. The van der Waals surface area contributed by atoms with E-state index in [1.54, 1.807) is 12.1 Å². The Morgan fingerprint density at radius 3 is 2.12 bits per heavy atom. The molecule has 40 heavy (non-hydrogen) atoms. The Balaban J connectivity index is 0.000000366. The minimum absolute atomic E-state index is 0.111. The molecule has 2 aliphatic rings. The summed E-state index contributed by atoms with van der Waals surface area (Å²) in [5, 5.41) is 38.0. The molecule has 0 radical (unpaired) electrons. The number of likely N-dealkylation sites (tertiary alicyclic amines) is 1. The predicted molar refractivity (Wildman–Crippen MR) is 139 cm³/mol. The van der Waals surface area contributed by atoms with Crippen LogP contribution >= 0.6 is 0 Å². The summed E-state index contributed by atoms with van der Waals surface area (Å²) >= 11 is 0. The van der Waals surface area contributed by atoms with E-state index in [1.165, 1.54) is 12.1 Å². The van der Waals surface area contributed by atoms with Gasteiger partial charge >= 0.3 is 23.9 Å². The molecule has 1 aromatic rings. The van der Waals surface area contributed by atoms with Gasteiger partial charge in [0.05, 0.1) is 30.6 Å². The highest BCUT2D eigenvalue weighted by Crippen LogP contribution is 2.40. The Hall–Kier alpha value is -3.58. The van der Waals surface area contributed by atoms with Crippen LogP contribution in [-0.2, 0) is 28.8 Å². The summed E-state index contributed by atoms with van der Waals surface area (Å²) in [6, 6.07) is 6.28. The van der Waals surface area contributed by atoms with Crippen molar-refractivity contribution in [2.45, 2.75) is 70.5 Å². The van der Waals surface area contributed by atoms with E-state index in [0.717, 1.165) is 50.2 Å². The summed E-state index contributed by atoms with van der Waals surface area (Å²) in [4.78, 5) is 51.3. The largest absolute Gasteiger partial charge is 0.481 e. The molecule has 0 amide bonds. The van der Waals surface area contributed by atoms with Gasteiger partial charge in [-0.25, -0.2) is 9.18 Å². The van der Waals surface area contributed by atoms with Crippen molar-refractivity contribution in [2.24, 2.45) is 10.6 Å². The maximum absolute atomic E-state index is 13.1. The lowest BCUT2D eigenvalue weighted by molar-refractivity contribution is -0.170. The second-order valence-electron chi connectivity index (χ2n) is 10.0. The van der Waals surface area contributed by atoms with E-state index in [4.69, 9.17) is 30.0 Å². The number of aliphatic carboxylic acids is 3. The molecule has 0 aliphatic carbocycles. The van der Waals surface area contributed by atoms with Crippen LogP contribution in [0.3, 0.4) is 0 Å². The van der Waals surface area contributed by atoms with E-state index in [-0.39, 0.29) is 17.9 Å². The molecule has 0 saturated carbocycles. The summed E-state index contributed by atoms with van der Waals surface area (Å²) in [7, 11) is 0. The van der Waals surface area contributed by atoms with Crippen LogP contribution in [0, 0.1) is 11.2 Å². The summed E-state index contributed by atoms with van der Waals surface area (Å²) in [5.74, 6) is -5.40. The van der Waals surface area contributed by atoms with E-state index in [1.807, 2.05) is 6.92 Å². The third-order valence-corrected chi connectivity index (χ3v) is 6.88. The molecular weight excluding hydrogens is 531 g/mol. The van der Waals surface area contributed by atoms with Crippen molar-refractivity contribution in [1.29, 1.82) is 0 Å². The molecule has 1 fully saturated rings. The number of oxime groups is 1. The number of rotatable bonds is 12. The second kappa shape index (κ2) is 14.7. The third kappa shape index (κ3) is 9.26. The van der Waals surface area contributed by atoms with Crippen molar-refractivity contribution in [2.75, 3.05) is 26.2 Å². The van der Waals surface area contributed by atoms with E-state index in [0.29, 0.717) is 19.4 Å². The fourth-order valence-electron chi connectivity index (χ4n) is 4.80. The highest BCUT2D eigenvalue weighted by Gasteiger charge is 2.46. The number of hydrogen-bond donors (Lipinski definition) is 4. The number of ether oxygens (including phenoxy) is 1. The molecule has 0 aromatic heterocycles. The minimum Gasteiger partial charge on any atom is -0.481 e. The lowest BCUT2D eigenvalue weighted by Gasteiger charge is -2.40. The molecule has 1 atom stereocenters. The van der Waals surface area contributed by atoms with Gasteiger partial charge in [0.1, 0.15) is 11.9 Å². The van der Waals surface area contributed by atoms with Gasteiger partial charge in [-0.2, -0.15) is 0 Å². The fourth-order valence-corrected chi connectivity index (χ4v) is 4.80. The zero-order chi connectivity index (χ0) is 29.9. The van der Waals surface area contributed by atoms with Crippen molar-refractivity contribution in [3.05, 3.63) is 35.6 Å². The number of aliphatic hydroxyl groups is 1. The van der Waals surface area contributed by atoms with Crippen LogP contribution in [0.4, 0.5) is 4.39 Å². The zero-order valence-electron chi connectivity index (χ0n) is 22.7. The maximum Gasteiger partial charge on any atom is 0.336 e. The Kier molecular flexibility index (Phi) is 12.0. The van der Waals surface area contributed by atoms with Crippen LogP contribution in [-0.4, -0.2) is 92.9 Å². The van der Waals surface area contributed by atoms with E-state index in [2.05, 4.69) is 17.0 Å². The highest BCUT2D eigenvalue weighted by atomic mass is 19.1. The van der Waals surface area contributed by atoms with Crippen molar-refractivity contribution < 1.29 is 53.6 Å². The lowest BCUT2D eigenvalue weighted by Crippen LogP contribution is -2.47. The number of benzene rings is 1. The molecule has 4 N–H and O–H groups in total. The number of carboxylic acids is 3. The standard InChI is InChI=1S/C21H29FN2O3.C6H8O7/c1-3-11-24-12-9-21(10-13-24,20(25)26-4-2)15-18-14-19(23-27-18)16-5-7-17(22)8-6-16;7-3(8)1-6(13,5(11)12)2-4(9)10/h5-8,18H,3-4,9-15H2,1-2H3;13H,1-2H2,(H,7,8)(H,9,10)(H,11,12). The van der Waals surface area contributed by atoms with Gasteiger partial charge in [-0.3, -0.25) is 14.4 Å². The number of piperidine rings is 1. The van der Waals surface area contributed by atoms with Crippen molar-refractivity contribution in [3.8, 4) is 0 Å². The first-order chi connectivity index (χ1) is 18.8. The molecule has 2 heterocycles. The molecule has 3 rings (SSSR count). The highest BCUT2D eigenvalue weighted by molar-refractivity contribution is 6.01. The number of esters is 1. The van der Waals surface area contributed by atoms with Gasteiger partial charge < -0.3 is 34.9 Å². The van der Waals surface area contributed by atoms with Gasteiger partial charge in [0.25, 0.3) is 0 Å². The fraction of sp³-hybridized carbons (Fsp3) is 0.593. The number of hydrogen-bond acceptors (Lipinski definition) is 9. The van der Waals surface area contributed by atoms with Crippen molar-refractivity contribution in [1.82, 2.24) is 4.90 Å². The van der Waals surface area contributed by atoms with E-state index < -0.39 is 41.8 Å². The van der Waals surface area contributed by atoms with Crippen LogP contribution < -0.4 is 0 Å². The average molecular weight is 569 g/mol. The number of carbonyl (C=O) groups is 4. The normalized spacial score (nSPS) is 18.5. The Morgan fingerprint density at radius 1 is 1.07 bits per heavy atom. The SMILES string of the molecule is CCCN1CCC(CC2CC(c3ccc(F)cc3)=NO2)(C(=O)OCC)CC1.O=C(O)CC(O)(CC(=O)O)C(=O)O. The lowest BCUT2D eigenvalue weighted by atomic mass is 9.73. The maximum atomic E-state index is 13.1. The summed E-state index contributed by atoms with van der Waals surface area (Å²) in [5.41, 5.74) is -1.57. The van der Waals surface area contributed by atoms with Crippen molar-refractivity contribution >= 4 is 29.6 Å². The van der Waals surface area contributed by atoms with Gasteiger partial charge in [0, 0.05) is 12.8 Å². The topological polar surface area (TPSA) is 183 Å². The van der Waals surface area contributed by atoms with Gasteiger partial charge in [-0.1, -0.05) is 24.2 Å². The van der Waals surface area contributed by atoms with Gasteiger partial charge in [-0.15, -0.1) is 0 Å². The first kappa shape index (κ1) is 32.6. The molecule has 12 nitrogen and oxygen atoms in total. The van der Waals surface area contributed by atoms with E-state index >= 15 is 0 Å². The molecule has 1 unspecified atom stereocenters. The van der Waals surface area contributed by atoms with Gasteiger partial charge in [0.15, 0.2) is 5.60 Å². The minimum atomic E-state index is -2.74. The summed E-state index contributed by atoms with van der Waals surface area (Å²) in [6.45, 7) is 7.29. The van der Waals surface area contributed by atoms with Crippen LogP contribution in [0.1, 0.15) is 64.4 Å². The number of carboxylic acid groups (broad SMARTS) is 3. The number of nitrogens with zero attached hydrogens (tertiary/aromatic N) is 2. The Bertz CT molecular complexity index is 1050. The molecule has 222 valence electrons. The smallest absolute Gasteiger partial charge is 0.336 e. The Labute approximate surface area is 231 Å². The third-order valence-electron chi connectivity index (χ3n) is 6.88. The Morgan fingerprint density at radius 2 is 1.65 bits per heavy atom. The quantitative estimate of drug-likeness (QED) is 0.272. The first-order valence-electron chi connectivity index (χ1n) is 13.1. The molecule has 2 aliphatic heterocycles. The molecular formula is C27H37FN2O10. The number of halogens is 1. The van der Waals surface area contributed by atoms with Gasteiger partial charge in [-0.05, 0) is 63.5 Å². The second-order valence-corrected chi connectivity index (χ2v) is 10.0. The van der Waals surface area contributed by atoms with Crippen molar-refractivity contribution in [3.63, 3.8) is 0 Å². The molecule has 13 heteroatoms. The summed E-state index contributed by atoms with van der Waals surface area (Å²) < 4.78 is 18.6. The molecule has 1 aromatic carbocycles. The van der Waals surface area contributed by atoms with Crippen LogP contribution in [0.25, 0.3) is 0 Å². The molecule has 1 saturated heterocycles. The van der Waals surface area contributed by atoms with Crippen LogP contribution in [0.2, 0.25) is 0 Å². The first-order valence-corrected chi connectivity index (χ1v) is 13.1.